The molecule has 0 aliphatic heterocycles. The van der Waals surface area contributed by atoms with Gasteiger partial charge in [0.05, 0.1) is 0 Å². The maximum absolute atomic E-state index is 4.48. The fraction of sp³-hybridized carbons (Fsp3) is 0.842. The van der Waals surface area contributed by atoms with Gasteiger partial charge in [-0.25, -0.2) is 0 Å². The maximum Gasteiger partial charge on any atom is 0.191 e. The molecule has 0 bridgehead atoms. The van der Waals surface area contributed by atoms with Crippen LogP contribution in [-0.2, 0) is 6.42 Å². The van der Waals surface area contributed by atoms with E-state index in [2.05, 4.69) is 36.6 Å². The van der Waals surface area contributed by atoms with E-state index in [1.54, 1.807) is 11.8 Å². The Kier molecular flexibility index (Phi) is 10.2. The van der Waals surface area contributed by atoms with Gasteiger partial charge in [-0.3, -0.25) is 4.99 Å². The zero-order valence-electron chi connectivity index (χ0n) is 16.7. The van der Waals surface area contributed by atoms with Gasteiger partial charge in [0.25, 0.3) is 0 Å². The SMILES string of the molecule is CN=C(NCCCc1nnc(SC)n1C1CCCC1)NC1CCCCC1.I. The molecule has 0 spiro atoms. The molecule has 2 saturated carbocycles. The zero-order chi connectivity index (χ0) is 18.2. The van der Waals surface area contributed by atoms with Gasteiger partial charge in [-0.05, 0) is 38.4 Å². The number of hydrogen-bond acceptors (Lipinski definition) is 4. The van der Waals surface area contributed by atoms with Crippen molar-refractivity contribution in [3.63, 3.8) is 0 Å². The van der Waals surface area contributed by atoms with Crippen molar-refractivity contribution in [2.24, 2.45) is 4.99 Å². The van der Waals surface area contributed by atoms with Gasteiger partial charge >= 0.3 is 0 Å². The van der Waals surface area contributed by atoms with E-state index in [0.717, 1.165) is 36.3 Å². The average Bonchev–Trinajstić information content (AvgIpc) is 3.34. The van der Waals surface area contributed by atoms with E-state index < -0.39 is 0 Å². The molecule has 0 atom stereocenters. The summed E-state index contributed by atoms with van der Waals surface area (Å²) in [4.78, 5) is 4.38. The van der Waals surface area contributed by atoms with Crippen LogP contribution in [0, 0.1) is 0 Å². The molecule has 2 aliphatic rings. The number of aromatic nitrogens is 3. The summed E-state index contributed by atoms with van der Waals surface area (Å²) >= 11 is 1.71. The molecule has 3 rings (SSSR count). The van der Waals surface area contributed by atoms with Gasteiger partial charge in [-0.1, -0.05) is 43.9 Å². The molecule has 154 valence electrons. The number of aryl methyl sites for hydroxylation is 1. The molecule has 1 aromatic rings. The zero-order valence-corrected chi connectivity index (χ0v) is 19.9. The maximum atomic E-state index is 4.48. The lowest BCUT2D eigenvalue weighted by molar-refractivity contribution is 0.410. The van der Waals surface area contributed by atoms with Crippen molar-refractivity contribution in [3.8, 4) is 0 Å². The van der Waals surface area contributed by atoms with Crippen molar-refractivity contribution in [1.29, 1.82) is 0 Å². The number of thioether (sulfide) groups is 1. The molecule has 0 aromatic carbocycles. The highest BCUT2D eigenvalue weighted by atomic mass is 127. The van der Waals surface area contributed by atoms with Gasteiger partial charge in [0, 0.05) is 32.1 Å². The first-order chi connectivity index (χ1) is 12.8. The molecule has 1 aromatic heterocycles. The summed E-state index contributed by atoms with van der Waals surface area (Å²) in [5.41, 5.74) is 0. The largest absolute Gasteiger partial charge is 0.356 e. The summed E-state index contributed by atoms with van der Waals surface area (Å²) in [5, 5.41) is 17.0. The topological polar surface area (TPSA) is 67.1 Å². The Labute approximate surface area is 185 Å². The van der Waals surface area contributed by atoms with Crippen molar-refractivity contribution >= 4 is 41.7 Å². The standard InChI is InChI=1S/C19H34N6S.HI/c1-20-18(22-15-9-4-3-5-10-15)21-14-8-13-17-23-24-19(26-2)25(17)16-11-6-7-12-16;/h15-16H,3-14H2,1-2H3,(H2,20,21,22);1H. The highest BCUT2D eigenvalue weighted by Crippen LogP contribution is 2.33. The summed E-state index contributed by atoms with van der Waals surface area (Å²) in [6.45, 7) is 0.915. The molecule has 2 aliphatic carbocycles. The van der Waals surface area contributed by atoms with Gasteiger partial charge in [0.2, 0.25) is 0 Å². The Morgan fingerprint density at radius 1 is 1.11 bits per heavy atom. The van der Waals surface area contributed by atoms with Crippen LogP contribution in [0.1, 0.15) is 76.1 Å². The molecule has 0 unspecified atom stereocenters. The normalized spacial score (nSPS) is 19.1. The van der Waals surface area contributed by atoms with Crippen LogP contribution in [-0.4, -0.2) is 46.6 Å². The van der Waals surface area contributed by atoms with Crippen LogP contribution in [0.5, 0.6) is 0 Å². The number of hydrogen-bond donors (Lipinski definition) is 2. The second-order valence-electron chi connectivity index (χ2n) is 7.49. The summed E-state index contributed by atoms with van der Waals surface area (Å²) in [7, 11) is 1.86. The fourth-order valence-electron chi connectivity index (χ4n) is 4.23. The predicted molar refractivity (Wildman–Crippen MR) is 124 cm³/mol. The molecule has 0 saturated heterocycles. The second kappa shape index (κ2) is 12.1. The van der Waals surface area contributed by atoms with E-state index in [-0.39, 0.29) is 24.0 Å². The first-order valence-corrected chi connectivity index (χ1v) is 11.5. The van der Waals surface area contributed by atoms with E-state index >= 15 is 0 Å². The molecule has 0 amide bonds. The van der Waals surface area contributed by atoms with Crippen LogP contribution >= 0.6 is 35.7 Å². The van der Waals surface area contributed by atoms with Crippen LogP contribution in [0.15, 0.2) is 10.1 Å². The molecule has 2 N–H and O–H groups in total. The van der Waals surface area contributed by atoms with E-state index in [1.807, 2.05) is 7.05 Å². The fourth-order valence-corrected chi connectivity index (χ4v) is 4.81. The third-order valence-electron chi connectivity index (χ3n) is 5.65. The van der Waals surface area contributed by atoms with Crippen molar-refractivity contribution in [2.45, 2.75) is 87.9 Å². The van der Waals surface area contributed by atoms with Gasteiger partial charge in [0.15, 0.2) is 11.1 Å². The minimum atomic E-state index is 0. The Morgan fingerprint density at radius 3 is 2.48 bits per heavy atom. The number of aliphatic imine (C=N–C) groups is 1. The summed E-state index contributed by atoms with van der Waals surface area (Å²) in [6.07, 6.45) is 15.9. The van der Waals surface area contributed by atoms with Gasteiger partial charge in [0.1, 0.15) is 5.82 Å². The number of rotatable bonds is 7. The van der Waals surface area contributed by atoms with Crippen LogP contribution in [0.4, 0.5) is 0 Å². The Morgan fingerprint density at radius 2 is 1.81 bits per heavy atom. The van der Waals surface area contributed by atoms with Crippen molar-refractivity contribution in [3.05, 3.63) is 5.82 Å². The summed E-state index contributed by atoms with van der Waals surface area (Å²) in [5.74, 6) is 2.09. The quantitative estimate of drug-likeness (QED) is 0.191. The first kappa shape index (κ1) is 22.8. The molecule has 27 heavy (non-hydrogen) atoms. The van der Waals surface area contributed by atoms with E-state index in [4.69, 9.17) is 0 Å². The molecule has 0 radical (unpaired) electrons. The molecular formula is C19H35IN6S. The summed E-state index contributed by atoms with van der Waals surface area (Å²) in [6, 6.07) is 1.20. The van der Waals surface area contributed by atoms with Gasteiger partial charge < -0.3 is 15.2 Å². The second-order valence-corrected chi connectivity index (χ2v) is 8.27. The number of guanidine groups is 1. The van der Waals surface area contributed by atoms with Crippen LogP contribution in [0.3, 0.4) is 0 Å². The van der Waals surface area contributed by atoms with Gasteiger partial charge in [-0.2, -0.15) is 0 Å². The highest BCUT2D eigenvalue weighted by molar-refractivity contribution is 14.0. The molecule has 2 fully saturated rings. The van der Waals surface area contributed by atoms with Gasteiger partial charge in [-0.15, -0.1) is 34.2 Å². The van der Waals surface area contributed by atoms with E-state index in [0.29, 0.717) is 12.1 Å². The third-order valence-corrected chi connectivity index (χ3v) is 6.29. The molecular weight excluding hydrogens is 471 g/mol. The van der Waals surface area contributed by atoms with E-state index in [9.17, 15) is 0 Å². The summed E-state index contributed by atoms with van der Waals surface area (Å²) < 4.78 is 2.41. The lowest BCUT2D eigenvalue weighted by Crippen LogP contribution is -2.44. The van der Waals surface area contributed by atoms with Crippen LogP contribution < -0.4 is 10.6 Å². The lowest BCUT2D eigenvalue weighted by atomic mass is 9.96. The van der Waals surface area contributed by atoms with E-state index in [1.165, 1.54) is 57.8 Å². The Hall–Kier alpha value is -0.510. The van der Waals surface area contributed by atoms with Crippen LogP contribution in [0.2, 0.25) is 0 Å². The van der Waals surface area contributed by atoms with Crippen LogP contribution in [0.25, 0.3) is 0 Å². The predicted octanol–water partition coefficient (Wildman–Crippen LogP) is 4.16. The number of halogens is 1. The molecule has 6 nitrogen and oxygen atoms in total. The van der Waals surface area contributed by atoms with Crippen molar-refractivity contribution in [2.75, 3.05) is 19.8 Å². The molecule has 8 heteroatoms. The average molecular weight is 507 g/mol. The highest BCUT2D eigenvalue weighted by Gasteiger charge is 2.23. The minimum Gasteiger partial charge on any atom is -0.356 e. The smallest absolute Gasteiger partial charge is 0.191 e. The van der Waals surface area contributed by atoms with Crippen molar-refractivity contribution in [1.82, 2.24) is 25.4 Å². The first-order valence-electron chi connectivity index (χ1n) is 10.3. The Bertz CT molecular complexity index is 579. The minimum absolute atomic E-state index is 0. The number of nitrogens with one attached hydrogen (secondary N) is 2. The Balaban J connectivity index is 0.00000261. The van der Waals surface area contributed by atoms with Crippen molar-refractivity contribution < 1.29 is 0 Å². The third kappa shape index (κ3) is 6.51. The number of nitrogens with zero attached hydrogens (tertiary/aromatic N) is 4. The monoisotopic (exact) mass is 506 g/mol. The molecule has 1 heterocycles. The lowest BCUT2D eigenvalue weighted by Gasteiger charge is -2.24.